The van der Waals surface area contributed by atoms with Gasteiger partial charge in [0, 0.05) is 19.2 Å². The number of anilines is 1. The fourth-order valence-corrected chi connectivity index (χ4v) is 5.05. The molecule has 2 heterocycles. The molecule has 198 valence electrons. The molecule has 8 nitrogen and oxygen atoms in total. The summed E-state index contributed by atoms with van der Waals surface area (Å²) in [5.74, 6) is -0.103. The Morgan fingerprint density at radius 2 is 1.86 bits per heavy atom. The van der Waals surface area contributed by atoms with E-state index >= 15 is 0 Å². The molecular weight excluding hydrogens is 475 g/mol. The molecule has 2 aromatic rings. The molecule has 1 atom stereocenters. The first-order chi connectivity index (χ1) is 17.9. The molecule has 0 aromatic heterocycles. The number of halogens is 1. The quantitative estimate of drug-likeness (QED) is 0.477. The second-order valence-electron chi connectivity index (χ2n) is 9.82. The number of carbonyl (C=O) groups is 3. The van der Waals surface area contributed by atoms with Gasteiger partial charge in [-0.05, 0) is 86.6 Å². The normalized spacial score (nSPS) is 18.5. The van der Waals surface area contributed by atoms with Crippen molar-refractivity contribution < 1.29 is 23.5 Å². The second kappa shape index (κ2) is 12.7. The number of nitrogens with zero attached hydrogens (tertiary/aromatic N) is 2. The van der Waals surface area contributed by atoms with Crippen molar-refractivity contribution in [1.82, 2.24) is 15.1 Å². The molecule has 0 radical (unpaired) electrons. The lowest BCUT2D eigenvalue weighted by molar-refractivity contribution is -0.122. The van der Waals surface area contributed by atoms with Crippen LogP contribution in [0.4, 0.5) is 14.9 Å². The Balaban J connectivity index is 1.14. The van der Waals surface area contributed by atoms with Crippen molar-refractivity contribution in [3.05, 3.63) is 65.5 Å². The van der Waals surface area contributed by atoms with Gasteiger partial charge in [0.05, 0.1) is 6.04 Å². The smallest absolute Gasteiger partial charge is 0.410 e. The predicted molar refractivity (Wildman–Crippen MR) is 139 cm³/mol. The summed E-state index contributed by atoms with van der Waals surface area (Å²) in [7, 11) is 0. The number of cyclic esters (lactones) is 1. The van der Waals surface area contributed by atoms with E-state index < -0.39 is 6.09 Å². The van der Waals surface area contributed by atoms with E-state index in [1.54, 1.807) is 12.1 Å². The first-order valence-electron chi connectivity index (χ1n) is 12.9. The van der Waals surface area contributed by atoms with Gasteiger partial charge in [-0.3, -0.25) is 14.5 Å². The van der Waals surface area contributed by atoms with Crippen molar-refractivity contribution in [1.29, 1.82) is 0 Å². The molecule has 0 saturated carbocycles. The van der Waals surface area contributed by atoms with Crippen LogP contribution in [0.2, 0.25) is 0 Å². The van der Waals surface area contributed by atoms with Crippen molar-refractivity contribution in [2.24, 2.45) is 0 Å². The van der Waals surface area contributed by atoms with E-state index in [1.165, 1.54) is 29.5 Å². The Kier molecular flexibility index (Phi) is 9.11. The Hall–Kier alpha value is -3.46. The summed E-state index contributed by atoms with van der Waals surface area (Å²) in [5, 5.41) is 5.77. The van der Waals surface area contributed by atoms with E-state index in [-0.39, 0.29) is 36.8 Å². The predicted octanol–water partition coefficient (Wildman–Crippen LogP) is 3.53. The van der Waals surface area contributed by atoms with Crippen LogP contribution in [-0.4, -0.2) is 73.1 Å². The SMILES string of the molecule is CC(=O)Nc1cccc(C2CCN(CCCNC(=O)CN3C(=O)OCC3Cc3ccc(F)cc3)CC2)c1. The lowest BCUT2D eigenvalue weighted by Crippen LogP contribution is -2.43. The van der Waals surface area contributed by atoms with Crippen molar-refractivity contribution in [3.8, 4) is 0 Å². The molecule has 37 heavy (non-hydrogen) atoms. The number of amides is 3. The third-order valence-electron chi connectivity index (χ3n) is 7.01. The van der Waals surface area contributed by atoms with Gasteiger partial charge in [-0.1, -0.05) is 24.3 Å². The lowest BCUT2D eigenvalue weighted by Gasteiger charge is -2.32. The summed E-state index contributed by atoms with van der Waals surface area (Å²) in [5.41, 5.74) is 2.99. The average molecular weight is 511 g/mol. The molecule has 4 rings (SSSR count). The van der Waals surface area contributed by atoms with Crippen LogP contribution in [0, 0.1) is 5.82 Å². The van der Waals surface area contributed by atoms with E-state index in [0.717, 1.165) is 50.1 Å². The van der Waals surface area contributed by atoms with Gasteiger partial charge in [-0.15, -0.1) is 0 Å². The summed E-state index contributed by atoms with van der Waals surface area (Å²) >= 11 is 0. The van der Waals surface area contributed by atoms with Gasteiger partial charge in [-0.25, -0.2) is 9.18 Å². The lowest BCUT2D eigenvalue weighted by atomic mass is 9.89. The maximum atomic E-state index is 13.2. The number of benzene rings is 2. The van der Waals surface area contributed by atoms with Crippen molar-refractivity contribution in [2.45, 2.75) is 44.6 Å². The molecule has 2 N–H and O–H groups in total. The first kappa shape index (κ1) is 26.6. The van der Waals surface area contributed by atoms with E-state index in [4.69, 9.17) is 4.74 Å². The monoisotopic (exact) mass is 510 g/mol. The molecule has 1 unspecified atom stereocenters. The second-order valence-corrected chi connectivity index (χ2v) is 9.82. The Morgan fingerprint density at radius 3 is 2.59 bits per heavy atom. The molecular formula is C28H35FN4O4. The number of likely N-dealkylation sites (tertiary alicyclic amines) is 1. The van der Waals surface area contributed by atoms with Gasteiger partial charge < -0.3 is 20.3 Å². The summed E-state index contributed by atoms with van der Waals surface area (Å²) in [4.78, 5) is 39.8. The zero-order valence-electron chi connectivity index (χ0n) is 21.2. The molecule has 3 amide bonds. The largest absolute Gasteiger partial charge is 0.447 e. The number of nitrogens with one attached hydrogen (secondary N) is 2. The minimum atomic E-state index is -0.493. The van der Waals surface area contributed by atoms with Gasteiger partial charge in [0.25, 0.3) is 0 Å². The third-order valence-corrected chi connectivity index (χ3v) is 7.01. The molecule has 0 bridgehead atoms. The number of carbonyl (C=O) groups excluding carboxylic acids is 3. The number of rotatable bonds is 10. The van der Waals surface area contributed by atoms with Crippen LogP contribution in [0.15, 0.2) is 48.5 Å². The van der Waals surface area contributed by atoms with Gasteiger partial charge >= 0.3 is 6.09 Å². The van der Waals surface area contributed by atoms with Gasteiger partial charge in [0.1, 0.15) is 19.0 Å². The number of piperidine rings is 1. The molecule has 9 heteroatoms. The van der Waals surface area contributed by atoms with Crippen LogP contribution in [0.25, 0.3) is 0 Å². The maximum absolute atomic E-state index is 13.2. The molecule has 0 spiro atoms. The first-order valence-corrected chi connectivity index (χ1v) is 12.9. The van der Waals surface area contributed by atoms with Crippen molar-refractivity contribution >= 4 is 23.6 Å². The molecule has 2 fully saturated rings. The van der Waals surface area contributed by atoms with Crippen molar-refractivity contribution in [2.75, 3.05) is 44.6 Å². The number of hydrogen-bond donors (Lipinski definition) is 2. The maximum Gasteiger partial charge on any atom is 0.410 e. The fourth-order valence-electron chi connectivity index (χ4n) is 5.05. The molecule has 2 aliphatic rings. The highest BCUT2D eigenvalue weighted by atomic mass is 19.1. The molecule has 0 aliphatic carbocycles. The molecule has 2 aromatic carbocycles. The zero-order valence-corrected chi connectivity index (χ0v) is 21.2. The summed E-state index contributed by atoms with van der Waals surface area (Å²) < 4.78 is 18.3. The van der Waals surface area contributed by atoms with E-state index in [0.29, 0.717) is 18.9 Å². The zero-order chi connectivity index (χ0) is 26.2. The Morgan fingerprint density at radius 1 is 1.11 bits per heavy atom. The number of ether oxygens (including phenoxy) is 1. The van der Waals surface area contributed by atoms with Crippen LogP contribution >= 0.6 is 0 Å². The van der Waals surface area contributed by atoms with Crippen LogP contribution in [0.1, 0.15) is 43.2 Å². The van der Waals surface area contributed by atoms with Crippen LogP contribution in [0.3, 0.4) is 0 Å². The highest BCUT2D eigenvalue weighted by Gasteiger charge is 2.34. The van der Waals surface area contributed by atoms with E-state index in [1.807, 2.05) is 12.1 Å². The van der Waals surface area contributed by atoms with E-state index in [9.17, 15) is 18.8 Å². The summed E-state index contributed by atoms with van der Waals surface area (Å²) in [6.45, 7) is 5.12. The Bertz CT molecular complexity index is 1090. The topological polar surface area (TPSA) is 91.0 Å². The van der Waals surface area contributed by atoms with Crippen LogP contribution in [-0.2, 0) is 20.7 Å². The average Bonchev–Trinajstić information content (AvgIpc) is 3.22. The Labute approximate surface area is 217 Å². The van der Waals surface area contributed by atoms with Gasteiger partial charge in [0.15, 0.2) is 0 Å². The minimum Gasteiger partial charge on any atom is -0.447 e. The van der Waals surface area contributed by atoms with Gasteiger partial charge in [-0.2, -0.15) is 0 Å². The van der Waals surface area contributed by atoms with Crippen molar-refractivity contribution in [3.63, 3.8) is 0 Å². The highest BCUT2D eigenvalue weighted by Crippen LogP contribution is 2.29. The van der Waals surface area contributed by atoms with E-state index in [2.05, 4.69) is 27.7 Å². The van der Waals surface area contributed by atoms with Gasteiger partial charge in [0.2, 0.25) is 11.8 Å². The minimum absolute atomic E-state index is 0.0480. The third kappa shape index (κ3) is 7.76. The van der Waals surface area contributed by atoms with Crippen LogP contribution in [0.5, 0.6) is 0 Å². The summed E-state index contributed by atoms with van der Waals surface area (Å²) in [6.07, 6.45) is 2.96. The number of hydrogen-bond acceptors (Lipinski definition) is 5. The standard InChI is InChI=1S/C28H35FN4O4/c1-20(34)31-25-5-2-4-23(17-25)22-10-14-32(15-11-22)13-3-12-30-27(35)18-33-26(19-37-28(33)36)16-21-6-8-24(29)9-7-21/h2,4-9,17,22,26H,3,10-16,18-19H2,1H3,(H,30,35)(H,31,34). The molecule has 2 aliphatic heterocycles. The highest BCUT2D eigenvalue weighted by molar-refractivity contribution is 5.88. The molecule has 2 saturated heterocycles. The summed E-state index contributed by atoms with van der Waals surface area (Å²) in [6, 6.07) is 14.0. The fraction of sp³-hybridized carbons (Fsp3) is 0.464. The van der Waals surface area contributed by atoms with Crippen LogP contribution < -0.4 is 10.6 Å².